The molecule has 0 aromatic carbocycles. The van der Waals surface area contributed by atoms with E-state index < -0.39 is 0 Å². The highest BCUT2D eigenvalue weighted by Gasteiger charge is 2.14. The molecule has 0 radical (unpaired) electrons. The molecule has 72 valence electrons. The van der Waals surface area contributed by atoms with Gasteiger partial charge in [0.05, 0.1) is 0 Å². The molecular formula is C12H18O. The van der Waals surface area contributed by atoms with E-state index in [1.807, 2.05) is 6.92 Å². The summed E-state index contributed by atoms with van der Waals surface area (Å²) in [4.78, 5) is 11.2. The van der Waals surface area contributed by atoms with Crippen LogP contribution in [-0.2, 0) is 4.79 Å². The van der Waals surface area contributed by atoms with Crippen LogP contribution in [0.3, 0.4) is 0 Å². The molecule has 0 spiro atoms. The van der Waals surface area contributed by atoms with Crippen molar-refractivity contribution < 1.29 is 4.79 Å². The zero-order valence-electron chi connectivity index (χ0n) is 8.92. The van der Waals surface area contributed by atoms with Gasteiger partial charge >= 0.3 is 0 Å². The van der Waals surface area contributed by atoms with Crippen molar-refractivity contribution in [2.24, 2.45) is 5.41 Å². The number of rotatable bonds is 3. The maximum atomic E-state index is 11.2. The number of carbonyl (C=O) groups excluding carboxylic acids is 1. The molecule has 0 bridgehead atoms. The Labute approximate surface area is 80.8 Å². The summed E-state index contributed by atoms with van der Waals surface area (Å²) >= 11 is 0. The largest absolute Gasteiger partial charge is 0.290 e. The first-order valence-electron chi connectivity index (χ1n) is 4.43. The van der Waals surface area contributed by atoms with Crippen LogP contribution in [0.25, 0.3) is 0 Å². The molecule has 1 heteroatoms. The molecule has 0 heterocycles. The molecule has 0 rings (SSSR count). The summed E-state index contributed by atoms with van der Waals surface area (Å²) in [6.45, 7) is 11.7. The topological polar surface area (TPSA) is 17.1 Å². The number of allylic oxidation sites excluding steroid dienone is 5. The van der Waals surface area contributed by atoms with Crippen molar-refractivity contribution in [1.82, 2.24) is 0 Å². The molecule has 1 nitrogen and oxygen atoms in total. The molecular weight excluding hydrogens is 160 g/mol. The highest BCUT2D eigenvalue weighted by atomic mass is 16.1. The Bertz CT molecular complexity index is 249. The van der Waals surface area contributed by atoms with Crippen LogP contribution in [0.5, 0.6) is 0 Å². The van der Waals surface area contributed by atoms with Crippen LogP contribution < -0.4 is 0 Å². The Morgan fingerprint density at radius 3 is 2.15 bits per heavy atom. The van der Waals surface area contributed by atoms with Gasteiger partial charge in [-0.15, -0.1) is 0 Å². The van der Waals surface area contributed by atoms with Crippen LogP contribution in [0, 0.1) is 5.41 Å². The molecule has 0 aliphatic rings. The van der Waals surface area contributed by atoms with Crippen molar-refractivity contribution in [3.05, 3.63) is 36.5 Å². The summed E-state index contributed by atoms with van der Waals surface area (Å²) in [7, 11) is 0. The van der Waals surface area contributed by atoms with Crippen LogP contribution in [0.15, 0.2) is 36.5 Å². The Hall–Kier alpha value is -1.11. The van der Waals surface area contributed by atoms with Crippen LogP contribution in [0.1, 0.15) is 27.7 Å². The first-order valence-corrected chi connectivity index (χ1v) is 4.43. The van der Waals surface area contributed by atoms with Crippen molar-refractivity contribution in [3.63, 3.8) is 0 Å². The minimum atomic E-state index is -0.0149. The summed E-state index contributed by atoms with van der Waals surface area (Å²) in [6, 6.07) is 0. The number of hydrogen-bond donors (Lipinski definition) is 0. The molecule has 0 saturated heterocycles. The predicted octanol–water partition coefficient (Wildman–Crippen LogP) is 3.29. The fraction of sp³-hybridized carbons (Fsp3) is 0.417. The van der Waals surface area contributed by atoms with Gasteiger partial charge in [-0.25, -0.2) is 0 Å². The maximum absolute atomic E-state index is 11.2. The van der Waals surface area contributed by atoms with Gasteiger partial charge in [0.1, 0.15) is 0 Å². The first-order chi connectivity index (χ1) is 5.91. The lowest BCUT2D eigenvalue weighted by molar-refractivity contribution is -0.110. The minimum absolute atomic E-state index is 0.0149. The van der Waals surface area contributed by atoms with E-state index in [-0.39, 0.29) is 11.2 Å². The fourth-order valence-electron chi connectivity index (χ4n) is 0.947. The van der Waals surface area contributed by atoms with Gasteiger partial charge in [-0.05, 0) is 30.1 Å². The van der Waals surface area contributed by atoms with E-state index >= 15 is 0 Å². The first kappa shape index (κ1) is 11.9. The van der Waals surface area contributed by atoms with Gasteiger partial charge in [-0.1, -0.05) is 39.5 Å². The van der Waals surface area contributed by atoms with Crippen LogP contribution in [0.2, 0.25) is 0 Å². The third kappa shape index (κ3) is 4.46. The van der Waals surface area contributed by atoms with Crippen LogP contribution in [0.4, 0.5) is 0 Å². The molecule has 0 aliphatic carbocycles. The molecule has 0 atom stereocenters. The zero-order chi connectivity index (χ0) is 10.5. The van der Waals surface area contributed by atoms with Crippen molar-refractivity contribution in [2.45, 2.75) is 27.7 Å². The SMILES string of the molecule is C=CC(=CC(=O)C=CC)C(C)(C)C. The Kier molecular flexibility index (Phi) is 4.39. The van der Waals surface area contributed by atoms with Gasteiger partial charge in [0.2, 0.25) is 0 Å². The molecule has 0 aliphatic heterocycles. The lowest BCUT2D eigenvalue weighted by Gasteiger charge is -2.19. The van der Waals surface area contributed by atoms with Crippen molar-refractivity contribution in [2.75, 3.05) is 0 Å². The molecule has 0 fully saturated rings. The summed E-state index contributed by atoms with van der Waals surface area (Å²) in [5, 5.41) is 0. The lowest BCUT2D eigenvalue weighted by Crippen LogP contribution is -2.08. The highest BCUT2D eigenvalue weighted by Crippen LogP contribution is 2.25. The smallest absolute Gasteiger partial charge is 0.178 e. The van der Waals surface area contributed by atoms with Crippen LogP contribution in [-0.4, -0.2) is 5.78 Å². The number of carbonyl (C=O) groups is 1. The van der Waals surface area contributed by atoms with E-state index in [0.717, 1.165) is 5.57 Å². The zero-order valence-corrected chi connectivity index (χ0v) is 8.92. The number of hydrogen-bond acceptors (Lipinski definition) is 1. The Morgan fingerprint density at radius 1 is 1.31 bits per heavy atom. The van der Waals surface area contributed by atoms with Crippen molar-refractivity contribution in [1.29, 1.82) is 0 Å². The van der Waals surface area contributed by atoms with Crippen molar-refractivity contribution in [3.8, 4) is 0 Å². The van der Waals surface area contributed by atoms with Gasteiger partial charge in [0, 0.05) is 0 Å². The summed E-state index contributed by atoms with van der Waals surface area (Å²) in [5.74, 6) is 0.0207. The number of ketones is 1. The summed E-state index contributed by atoms with van der Waals surface area (Å²) in [5.41, 5.74) is 0.953. The van der Waals surface area contributed by atoms with E-state index in [0.29, 0.717) is 0 Å². The van der Waals surface area contributed by atoms with E-state index in [4.69, 9.17) is 0 Å². The monoisotopic (exact) mass is 178 g/mol. The molecule has 0 aromatic heterocycles. The predicted molar refractivity (Wildman–Crippen MR) is 57.6 cm³/mol. The second-order valence-corrected chi connectivity index (χ2v) is 3.96. The van der Waals surface area contributed by atoms with Crippen LogP contribution >= 0.6 is 0 Å². The van der Waals surface area contributed by atoms with E-state index in [2.05, 4.69) is 27.4 Å². The molecule has 0 unspecified atom stereocenters. The van der Waals surface area contributed by atoms with E-state index in [9.17, 15) is 4.79 Å². The minimum Gasteiger partial charge on any atom is -0.290 e. The quantitative estimate of drug-likeness (QED) is 0.478. The molecule has 0 aromatic rings. The third-order valence-electron chi connectivity index (χ3n) is 1.71. The third-order valence-corrected chi connectivity index (χ3v) is 1.71. The highest BCUT2D eigenvalue weighted by molar-refractivity contribution is 6.00. The second kappa shape index (κ2) is 4.80. The molecule has 0 amide bonds. The van der Waals surface area contributed by atoms with Gasteiger partial charge < -0.3 is 0 Å². The fourth-order valence-corrected chi connectivity index (χ4v) is 0.947. The lowest BCUT2D eigenvalue weighted by atomic mass is 9.86. The Morgan fingerprint density at radius 2 is 1.85 bits per heavy atom. The van der Waals surface area contributed by atoms with Gasteiger partial charge in [-0.3, -0.25) is 4.79 Å². The summed E-state index contributed by atoms with van der Waals surface area (Å²) in [6.07, 6.45) is 6.66. The molecule has 0 N–H and O–H groups in total. The van der Waals surface area contributed by atoms with E-state index in [1.54, 1.807) is 24.3 Å². The Balaban J connectivity index is 4.78. The molecule has 13 heavy (non-hydrogen) atoms. The van der Waals surface area contributed by atoms with Gasteiger partial charge in [0.15, 0.2) is 5.78 Å². The molecule has 0 saturated carbocycles. The van der Waals surface area contributed by atoms with E-state index in [1.165, 1.54) is 0 Å². The second-order valence-electron chi connectivity index (χ2n) is 3.96. The standard InChI is InChI=1S/C12H18O/c1-6-8-11(13)9-10(7-2)12(3,4)5/h6-9H,2H2,1,3-5H3. The van der Waals surface area contributed by atoms with Gasteiger partial charge in [-0.2, -0.15) is 0 Å². The normalized spacial score (nSPS) is 13.4. The average Bonchev–Trinajstić information content (AvgIpc) is 1.98. The van der Waals surface area contributed by atoms with Crippen molar-refractivity contribution >= 4 is 5.78 Å². The maximum Gasteiger partial charge on any atom is 0.178 e. The average molecular weight is 178 g/mol. The van der Waals surface area contributed by atoms with Gasteiger partial charge in [0.25, 0.3) is 0 Å². The summed E-state index contributed by atoms with van der Waals surface area (Å²) < 4.78 is 0.